The molecule has 0 fully saturated rings. The molecule has 0 saturated carbocycles. The minimum Gasteiger partial charge on any atom is -0.455 e. The van der Waals surface area contributed by atoms with Gasteiger partial charge >= 0.3 is 0 Å². The van der Waals surface area contributed by atoms with Crippen LogP contribution in [0.4, 0.5) is 0 Å². The van der Waals surface area contributed by atoms with Crippen LogP contribution < -0.4 is 4.74 Å². The van der Waals surface area contributed by atoms with E-state index in [0.717, 1.165) is 6.42 Å². The summed E-state index contributed by atoms with van der Waals surface area (Å²) in [6.45, 7) is 13.5. The molecule has 21 heavy (non-hydrogen) atoms. The van der Waals surface area contributed by atoms with Crippen molar-refractivity contribution in [3.63, 3.8) is 0 Å². The molecule has 0 amide bonds. The molecular weight excluding hydrogens is 264 g/mol. The van der Waals surface area contributed by atoms with E-state index in [-0.39, 0.29) is 5.41 Å². The standard InChI is InChI=1S/C18H28O3/c1-13(2)11-17(18(4,5)6)15-7-9-16(10-8-15)21-14(3)20-12-19/h7-10,12-14,17H,11H2,1-6H3. The van der Waals surface area contributed by atoms with Crippen molar-refractivity contribution in [2.75, 3.05) is 0 Å². The normalized spacial score (nSPS) is 14.6. The Balaban J connectivity index is 2.85. The Kier molecular flexibility index (Phi) is 6.25. The van der Waals surface area contributed by atoms with Crippen molar-refractivity contribution in [3.8, 4) is 5.75 Å². The van der Waals surface area contributed by atoms with E-state index in [1.807, 2.05) is 12.1 Å². The Morgan fingerprint density at radius 2 is 1.67 bits per heavy atom. The number of benzene rings is 1. The Morgan fingerprint density at radius 3 is 2.10 bits per heavy atom. The lowest BCUT2D eigenvalue weighted by Gasteiger charge is -2.32. The van der Waals surface area contributed by atoms with E-state index in [1.165, 1.54) is 5.56 Å². The summed E-state index contributed by atoms with van der Waals surface area (Å²) in [5.74, 6) is 1.88. The number of rotatable bonds is 7. The van der Waals surface area contributed by atoms with E-state index >= 15 is 0 Å². The molecule has 3 nitrogen and oxygen atoms in total. The second-order valence-corrected chi connectivity index (χ2v) is 7.03. The van der Waals surface area contributed by atoms with E-state index in [1.54, 1.807) is 6.92 Å². The second kappa shape index (κ2) is 7.48. The molecule has 0 aliphatic rings. The quantitative estimate of drug-likeness (QED) is 0.537. The molecule has 0 N–H and O–H groups in total. The van der Waals surface area contributed by atoms with Crippen LogP contribution in [0, 0.1) is 11.3 Å². The largest absolute Gasteiger partial charge is 0.455 e. The fourth-order valence-electron chi connectivity index (χ4n) is 2.54. The molecule has 1 rings (SSSR count). The molecule has 2 atom stereocenters. The number of hydrogen-bond donors (Lipinski definition) is 0. The van der Waals surface area contributed by atoms with Gasteiger partial charge in [0.25, 0.3) is 6.47 Å². The summed E-state index contributed by atoms with van der Waals surface area (Å²) < 4.78 is 10.2. The molecule has 3 heteroatoms. The van der Waals surface area contributed by atoms with Gasteiger partial charge in [-0.25, -0.2) is 0 Å². The van der Waals surface area contributed by atoms with Crippen molar-refractivity contribution in [1.29, 1.82) is 0 Å². The average Bonchev–Trinajstić information content (AvgIpc) is 2.36. The molecule has 0 aliphatic heterocycles. The Hall–Kier alpha value is -1.51. The van der Waals surface area contributed by atoms with Crippen molar-refractivity contribution in [1.82, 2.24) is 0 Å². The molecule has 0 bridgehead atoms. The fourth-order valence-corrected chi connectivity index (χ4v) is 2.54. The van der Waals surface area contributed by atoms with Crippen LogP contribution >= 0.6 is 0 Å². The first-order valence-corrected chi connectivity index (χ1v) is 7.59. The predicted octanol–water partition coefficient (Wildman–Crippen LogP) is 4.76. The zero-order valence-electron chi connectivity index (χ0n) is 14.1. The maximum Gasteiger partial charge on any atom is 0.296 e. The molecule has 0 aliphatic carbocycles. The molecule has 2 unspecified atom stereocenters. The Labute approximate surface area is 128 Å². The van der Waals surface area contributed by atoms with Gasteiger partial charge in [-0.2, -0.15) is 0 Å². The van der Waals surface area contributed by atoms with Gasteiger partial charge in [0.05, 0.1) is 0 Å². The average molecular weight is 292 g/mol. The van der Waals surface area contributed by atoms with Crippen molar-refractivity contribution in [3.05, 3.63) is 29.8 Å². The molecule has 0 heterocycles. The third-order valence-electron chi connectivity index (χ3n) is 3.58. The van der Waals surface area contributed by atoms with Gasteiger partial charge in [-0.3, -0.25) is 4.79 Å². The van der Waals surface area contributed by atoms with Crippen LogP contribution in [0.25, 0.3) is 0 Å². The highest BCUT2D eigenvalue weighted by Crippen LogP contribution is 2.40. The molecule has 118 valence electrons. The first kappa shape index (κ1) is 17.5. The number of carbonyl (C=O) groups excluding carboxylic acids is 1. The highest BCUT2D eigenvalue weighted by Gasteiger charge is 2.26. The van der Waals surface area contributed by atoms with Gasteiger partial charge in [-0.15, -0.1) is 0 Å². The maximum absolute atomic E-state index is 10.3. The van der Waals surface area contributed by atoms with Crippen molar-refractivity contribution < 1.29 is 14.3 Å². The summed E-state index contributed by atoms with van der Waals surface area (Å²) >= 11 is 0. The van der Waals surface area contributed by atoms with Gasteiger partial charge in [-0.1, -0.05) is 46.8 Å². The zero-order chi connectivity index (χ0) is 16.0. The summed E-state index contributed by atoms with van der Waals surface area (Å²) in [7, 11) is 0. The van der Waals surface area contributed by atoms with E-state index < -0.39 is 6.29 Å². The van der Waals surface area contributed by atoms with Crippen LogP contribution in [-0.2, 0) is 9.53 Å². The minimum atomic E-state index is -0.567. The smallest absolute Gasteiger partial charge is 0.296 e. The summed E-state index contributed by atoms with van der Waals surface area (Å²) in [4.78, 5) is 10.3. The SMILES string of the molecule is CC(C)CC(c1ccc(OC(C)OC=O)cc1)C(C)(C)C. The maximum atomic E-state index is 10.3. The van der Waals surface area contributed by atoms with Crippen LogP contribution in [-0.4, -0.2) is 12.8 Å². The zero-order valence-corrected chi connectivity index (χ0v) is 14.1. The summed E-state index contributed by atoms with van der Waals surface area (Å²) in [5, 5.41) is 0. The lowest BCUT2D eigenvalue weighted by molar-refractivity contribution is -0.145. The highest BCUT2D eigenvalue weighted by molar-refractivity contribution is 5.37. The molecule has 1 aromatic rings. The van der Waals surface area contributed by atoms with Crippen LogP contribution in [0.3, 0.4) is 0 Å². The first-order valence-electron chi connectivity index (χ1n) is 7.59. The van der Waals surface area contributed by atoms with E-state index in [2.05, 4.69) is 46.8 Å². The highest BCUT2D eigenvalue weighted by atomic mass is 16.7. The number of carbonyl (C=O) groups is 1. The van der Waals surface area contributed by atoms with Crippen LogP contribution in [0.5, 0.6) is 5.75 Å². The summed E-state index contributed by atoms with van der Waals surface area (Å²) in [6.07, 6.45) is 0.594. The molecule has 0 saturated heterocycles. The third-order valence-corrected chi connectivity index (χ3v) is 3.58. The molecule has 1 aromatic carbocycles. The van der Waals surface area contributed by atoms with E-state index in [0.29, 0.717) is 24.1 Å². The first-order chi connectivity index (χ1) is 9.74. The van der Waals surface area contributed by atoms with Gasteiger partial charge in [0.15, 0.2) is 0 Å². The summed E-state index contributed by atoms with van der Waals surface area (Å²) in [5.41, 5.74) is 1.55. The van der Waals surface area contributed by atoms with E-state index in [9.17, 15) is 4.79 Å². The number of ether oxygens (including phenoxy) is 2. The topological polar surface area (TPSA) is 35.5 Å². The number of hydrogen-bond acceptors (Lipinski definition) is 3. The lowest BCUT2D eigenvalue weighted by Crippen LogP contribution is -2.20. The van der Waals surface area contributed by atoms with Crippen LogP contribution in [0.15, 0.2) is 24.3 Å². The van der Waals surface area contributed by atoms with E-state index in [4.69, 9.17) is 9.47 Å². The molecule has 0 spiro atoms. The molecule has 0 aromatic heterocycles. The van der Waals surface area contributed by atoms with Gasteiger partial charge in [-0.05, 0) is 41.4 Å². The van der Waals surface area contributed by atoms with Crippen molar-refractivity contribution >= 4 is 6.47 Å². The third kappa shape index (κ3) is 5.78. The van der Waals surface area contributed by atoms with Gasteiger partial charge in [0.2, 0.25) is 6.29 Å². The van der Waals surface area contributed by atoms with Crippen LogP contribution in [0.2, 0.25) is 0 Å². The predicted molar refractivity (Wildman–Crippen MR) is 85.3 cm³/mol. The Bertz CT molecular complexity index is 429. The van der Waals surface area contributed by atoms with Crippen molar-refractivity contribution in [2.24, 2.45) is 11.3 Å². The molecular formula is C18H28O3. The minimum absolute atomic E-state index is 0.223. The second-order valence-electron chi connectivity index (χ2n) is 7.03. The Morgan fingerprint density at radius 1 is 1.10 bits per heavy atom. The van der Waals surface area contributed by atoms with Crippen LogP contribution in [0.1, 0.15) is 59.4 Å². The van der Waals surface area contributed by atoms with Gasteiger partial charge in [0, 0.05) is 6.92 Å². The fraction of sp³-hybridized carbons (Fsp3) is 0.611. The lowest BCUT2D eigenvalue weighted by atomic mass is 9.72. The van der Waals surface area contributed by atoms with Crippen molar-refractivity contribution in [2.45, 2.75) is 60.2 Å². The van der Waals surface area contributed by atoms with Gasteiger partial charge < -0.3 is 9.47 Å². The van der Waals surface area contributed by atoms with Gasteiger partial charge in [0.1, 0.15) is 5.75 Å². The molecule has 0 radical (unpaired) electrons. The summed E-state index contributed by atoms with van der Waals surface area (Å²) in [6, 6.07) is 8.11. The monoisotopic (exact) mass is 292 g/mol.